The van der Waals surface area contributed by atoms with Gasteiger partial charge in [0.2, 0.25) is 0 Å². The fourth-order valence-electron chi connectivity index (χ4n) is 1.00. The monoisotopic (exact) mass is 180 g/mol. The van der Waals surface area contributed by atoms with Gasteiger partial charge in [-0.15, -0.1) is 0 Å². The zero-order chi connectivity index (χ0) is 9.68. The average molecular weight is 180 g/mol. The Morgan fingerprint density at radius 1 is 1.54 bits per heavy atom. The molecule has 0 bridgehead atoms. The van der Waals surface area contributed by atoms with Crippen molar-refractivity contribution in [3.63, 3.8) is 0 Å². The van der Waals surface area contributed by atoms with Gasteiger partial charge in [0.15, 0.2) is 0 Å². The Bertz CT molecular complexity index is 308. The standard InChI is InChI=1S/C10H13FN2/c1-13-7-3-5-8-4-2-6-9(11)10(8)12/h2-6,13H,7,12H2,1H3. The van der Waals surface area contributed by atoms with Crippen molar-refractivity contribution in [2.75, 3.05) is 19.3 Å². The summed E-state index contributed by atoms with van der Waals surface area (Å²) in [5.74, 6) is -0.369. The average Bonchev–Trinajstić information content (AvgIpc) is 2.13. The summed E-state index contributed by atoms with van der Waals surface area (Å²) in [4.78, 5) is 0. The van der Waals surface area contributed by atoms with Gasteiger partial charge in [-0.25, -0.2) is 4.39 Å². The topological polar surface area (TPSA) is 38.0 Å². The van der Waals surface area contributed by atoms with Crippen molar-refractivity contribution in [2.45, 2.75) is 0 Å². The minimum atomic E-state index is -0.369. The van der Waals surface area contributed by atoms with Crippen LogP contribution in [0.1, 0.15) is 5.56 Å². The molecule has 0 saturated heterocycles. The van der Waals surface area contributed by atoms with E-state index in [0.717, 1.165) is 12.1 Å². The maximum absolute atomic E-state index is 12.9. The molecule has 0 fully saturated rings. The highest BCUT2D eigenvalue weighted by atomic mass is 19.1. The van der Waals surface area contributed by atoms with Crippen molar-refractivity contribution in [1.29, 1.82) is 0 Å². The largest absolute Gasteiger partial charge is 0.396 e. The second-order valence-electron chi connectivity index (χ2n) is 2.70. The van der Waals surface area contributed by atoms with Crippen LogP contribution in [0.2, 0.25) is 0 Å². The number of nitrogens with one attached hydrogen (secondary N) is 1. The molecule has 2 nitrogen and oxygen atoms in total. The molecule has 0 spiro atoms. The molecular formula is C10H13FN2. The van der Waals surface area contributed by atoms with Crippen molar-refractivity contribution in [1.82, 2.24) is 5.32 Å². The van der Waals surface area contributed by atoms with E-state index in [9.17, 15) is 4.39 Å². The van der Waals surface area contributed by atoms with Crippen molar-refractivity contribution in [3.8, 4) is 0 Å². The fourth-order valence-corrected chi connectivity index (χ4v) is 1.00. The van der Waals surface area contributed by atoms with E-state index in [4.69, 9.17) is 5.73 Å². The van der Waals surface area contributed by atoms with Gasteiger partial charge in [-0.05, 0) is 13.1 Å². The number of benzene rings is 1. The molecule has 1 aromatic rings. The minimum Gasteiger partial charge on any atom is -0.396 e. The van der Waals surface area contributed by atoms with Crippen LogP contribution in [-0.2, 0) is 0 Å². The molecule has 0 amide bonds. The van der Waals surface area contributed by atoms with E-state index < -0.39 is 0 Å². The van der Waals surface area contributed by atoms with Crippen LogP contribution in [0.4, 0.5) is 10.1 Å². The lowest BCUT2D eigenvalue weighted by atomic mass is 10.1. The van der Waals surface area contributed by atoms with E-state index in [1.807, 2.05) is 13.1 Å². The van der Waals surface area contributed by atoms with Crippen LogP contribution in [-0.4, -0.2) is 13.6 Å². The Labute approximate surface area is 77.3 Å². The van der Waals surface area contributed by atoms with Crippen LogP contribution in [0.3, 0.4) is 0 Å². The Morgan fingerprint density at radius 2 is 2.31 bits per heavy atom. The number of para-hydroxylation sites is 1. The maximum Gasteiger partial charge on any atom is 0.146 e. The van der Waals surface area contributed by atoms with Gasteiger partial charge in [0.1, 0.15) is 5.82 Å². The van der Waals surface area contributed by atoms with Crippen molar-refractivity contribution < 1.29 is 4.39 Å². The molecule has 0 atom stereocenters. The number of nitrogen functional groups attached to an aromatic ring is 1. The zero-order valence-corrected chi connectivity index (χ0v) is 7.55. The summed E-state index contributed by atoms with van der Waals surface area (Å²) in [6, 6.07) is 4.78. The molecule has 3 N–H and O–H groups in total. The molecule has 70 valence electrons. The smallest absolute Gasteiger partial charge is 0.146 e. The Kier molecular flexibility index (Phi) is 3.46. The van der Waals surface area contributed by atoms with Crippen molar-refractivity contribution >= 4 is 11.8 Å². The summed E-state index contributed by atoms with van der Waals surface area (Å²) in [5, 5.41) is 2.95. The Morgan fingerprint density at radius 3 is 3.00 bits per heavy atom. The highest BCUT2D eigenvalue weighted by Gasteiger charge is 1.99. The predicted octanol–water partition coefficient (Wildman–Crippen LogP) is 1.64. The van der Waals surface area contributed by atoms with E-state index in [0.29, 0.717) is 0 Å². The van der Waals surface area contributed by atoms with Crippen LogP contribution >= 0.6 is 0 Å². The fraction of sp³-hybridized carbons (Fsp3) is 0.200. The number of likely N-dealkylation sites (N-methyl/N-ethyl adjacent to an activating group) is 1. The van der Waals surface area contributed by atoms with Crippen LogP contribution in [0, 0.1) is 5.82 Å². The lowest BCUT2D eigenvalue weighted by Gasteiger charge is -2.00. The number of hydrogen-bond donors (Lipinski definition) is 2. The van der Waals surface area contributed by atoms with E-state index in [2.05, 4.69) is 5.32 Å². The highest BCUT2D eigenvalue weighted by Crippen LogP contribution is 2.16. The van der Waals surface area contributed by atoms with Gasteiger partial charge >= 0.3 is 0 Å². The van der Waals surface area contributed by atoms with E-state index in [-0.39, 0.29) is 11.5 Å². The SMILES string of the molecule is CNCC=Cc1cccc(F)c1N. The van der Waals surface area contributed by atoms with Crippen LogP contribution in [0.5, 0.6) is 0 Å². The van der Waals surface area contributed by atoms with Crippen molar-refractivity contribution in [2.24, 2.45) is 0 Å². The number of rotatable bonds is 3. The summed E-state index contributed by atoms with van der Waals surface area (Å²) in [6.45, 7) is 0.746. The minimum absolute atomic E-state index is 0.204. The van der Waals surface area contributed by atoms with Crippen LogP contribution in [0.15, 0.2) is 24.3 Å². The first-order chi connectivity index (χ1) is 6.25. The number of nitrogens with two attached hydrogens (primary N) is 1. The van der Waals surface area contributed by atoms with Crippen molar-refractivity contribution in [3.05, 3.63) is 35.7 Å². The second-order valence-corrected chi connectivity index (χ2v) is 2.70. The molecular weight excluding hydrogens is 167 g/mol. The summed E-state index contributed by atoms with van der Waals surface area (Å²) < 4.78 is 12.9. The van der Waals surface area contributed by atoms with Gasteiger partial charge in [0.05, 0.1) is 5.69 Å². The molecule has 1 rings (SSSR count). The molecule has 0 unspecified atom stereocenters. The molecule has 0 radical (unpaired) electrons. The first-order valence-corrected chi connectivity index (χ1v) is 4.11. The quantitative estimate of drug-likeness (QED) is 0.694. The number of halogens is 1. The third-order valence-electron chi connectivity index (χ3n) is 1.71. The van der Waals surface area contributed by atoms with E-state index in [1.165, 1.54) is 6.07 Å². The van der Waals surface area contributed by atoms with E-state index in [1.54, 1.807) is 18.2 Å². The van der Waals surface area contributed by atoms with Gasteiger partial charge in [0, 0.05) is 12.1 Å². The third-order valence-corrected chi connectivity index (χ3v) is 1.71. The number of anilines is 1. The summed E-state index contributed by atoms with van der Waals surface area (Å²) in [5.41, 5.74) is 6.44. The maximum atomic E-state index is 12.9. The zero-order valence-electron chi connectivity index (χ0n) is 7.55. The normalized spacial score (nSPS) is 10.9. The second kappa shape index (κ2) is 4.62. The summed E-state index contributed by atoms with van der Waals surface area (Å²) >= 11 is 0. The van der Waals surface area contributed by atoms with Gasteiger partial charge in [0.25, 0.3) is 0 Å². The van der Waals surface area contributed by atoms with Gasteiger partial charge in [-0.2, -0.15) is 0 Å². The Hall–Kier alpha value is -1.35. The lowest BCUT2D eigenvalue weighted by molar-refractivity contribution is 0.632. The van der Waals surface area contributed by atoms with Gasteiger partial charge in [-0.1, -0.05) is 24.3 Å². The lowest BCUT2D eigenvalue weighted by Crippen LogP contribution is -2.03. The molecule has 0 aliphatic heterocycles. The predicted molar refractivity (Wildman–Crippen MR) is 53.8 cm³/mol. The molecule has 0 aromatic heterocycles. The molecule has 3 heteroatoms. The Balaban J connectivity index is 2.83. The molecule has 0 heterocycles. The highest BCUT2D eigenvalue weighted by molar-refractivity contribution is 5.64. The number of hydrogen-bond acceptors (Lipinski definition) is 2. The first-order valence-electron chi connectivity index (χ1n) is 4.11. The van der Waals surface area contributed by atoms with E-state index >= 15 is 0 Å². The van der Waals surface area contributed by atoms with Gasteiger partial charge in [-0.3, -0.25) is 0 Å². The molecule has 13 heavy (non-hydrogen) atoms. The first kappa shape index (κ1) is 9.74. The van der Waals surface area contributed by atoms with Gasteiger partial charge < -0.3 is 11.1 Å². The molecule has 1 aromatic carbocycles. The third kappa shape index (κ3) is 2.56. The molecule has 0 aliphatic carbocycles. The van der Waals surface area contributed by atoms with Crippen LogP contribution in [0.25, 0.3) is 6.08 Å². The summed E-state index contributed by atoms with van der Waals surface area (Å²) in [7, 11) is 1.85. The summed E-state index contributed by atoms with van der Waals surface area (Å²) in [6.07, 6.45) is 3.69. The van der Waals surface area contributed by atoms with Crippen LogP contribution < -0.4 is 11.1 Å². The molecule has 0 aliphatic rings. The molecule has 0 saturated carbocycles.